The number of rotatable bonds is 7. The third kappa shape index (κ3) is 4.45. The highest BCUT2D eigenvalue weighted by Crippen LogP contribution is 2.38. The zero-order valence-corrected chi connectivity index (χ0v) is 14.1. The number of carbonyl (C=O) groups excluding carboxylic acids is 1. The van der Waals surface area contributed by atoms with Gasteiger partial charge in [0.05, 0.1) is 11.8 Å². The van der Waals surface area contributed by atoms with Gasteiger partial charge in [0.15, 0.2) is 0 Å². The minimum absolute atomic E-state index is 0.0640. The van der Waals surface area contributed by atoms with E-state index in [-0.39, 0.29) is 17.9 Å². The predicted molar refractivity (Wildman–Crippen MR) is 83.9 cm³/mol. The lowest BCUT2D eigenvalue weighted by atomic mass is 9.93. The number of carboxylic acid groups (broad SMARTS) is 1. The maximum Gasteiger partial charge on any atom is 0.307 e. The molecule has 1 fully saturated rings. The number of nitrogens with zero attached hydrogens (tertiary/aromatic N) is 1. The van der Waals surface area contributed by atoms with Crippen LogP contribution in [0.15, 0.2) is 0 Å². The van der Waals surface area contributed by atoms with Crippen LogP contribution in [0.5, 0.6) is 0 Å². The summed E-state index contributed by atoms with van der Waals surface area (Å²) in [6.45, 7) is 11.2. The van der Waals surface area contributed by atoms with E-state index in [1.54, 1.807) is 0 Å². The molecule has 1 N–H and O–H groups in total. The summed E-state index contributed by atoms with van der Waals surface area (Å²) in [6, 6.07) is 0.227. The van der Waals surface area contributed by atoms with E-state index in [2.05, 4.69) is 27.7 Å². The van der Waals surface area contributed by atoms with Crippen LogP contribution in [0, 0.1) is 23.7 Å². The Morgan fingerprint density at radius 2 is 1.67 bits per heavy atom. The Labute approximate surface area is 128 Å². The summed E-state index contributed by atoms with van der Waals surface area (Å²) in [5, 5.41) is 9.40. The molecule has 4 nitrogen and oxygen atoms in total. The van der Waals surface area contributed by atoms with Gasteiger partial charge >= 0.3 is 5.97 Å². The van der Waals surface area contributed by atoms with Gasteiger partial charge < -0.3 is 10.0 Å². The highest BCUT2D eigenvalue weighted by molar-refractivity contribution is 5.85. The van der Waals surface area contributed by atoms with Gasteiger partial charge in [0.2, 0.25) is 5.91 Å². The van der Waals surface area contributed by atoms with E-state index in [1.165, 1.54) is 0 Å². The number of amides is 1. The van der Waals surface area contributed by atoms with Crippen molar-refractivity contribution >= 4 is 11.9 Å². The van der Waals surface area contributed by atoms with E-state index >= 15 is 0 Å². The van der Waals surface area contributed by atoms with Crippen LogP contribution >= 0.6 is 0 Å². The third-order valence-electron chi connectivity index (χ3n) is 4.66. The minimum Gasteiger partial charge on any atom is -0.481 e. The van der Waals surface area contributed by atoms with E-state index in [0.29, 0.717) is 24.7 Å². The van der Waals surface area contributed by atoms with E-state index in [0.717, 1.165) is 19.4 Å². The maximum absolute atomic E-state index is 13.0. The maximum atomic E-state index is 13.0. The summed E-state index contributed by atoms with van der Waals surface area (Å²) in [6.07, 6.45) is 3.19. The highest BCUT2D eigenvalue weighted by Gasteiger charge is 2.43. The van der Waals surface area contributed by atoms with Crippen LogP contribution in [0.1, 0.15) is 60.3 Å². The Morgan fingerprint density at radius 3 is 2.10 bits per heavy atom. The fourth-order valence-corrected chi connectivity index (χ4v) is 3.59. The average molecular weight is 297 g/mol. The Kier molecular flexibility index (Phi) is 6.69. The van der Waals surface area contributed by atoms with E-state index in [9.17, 15) is 14.7 Å². The molecule has 21 heavy (non-hydrogen) atoms. The first kappa shape index (κ1) is 18.0. The molecule has 4 heteroatoms. The van der Waals surface area contributed by atoms with Crippen LogP contribution in [0.4, 0.5) is 0 Å². The quantitative estimate of drug-likeness (QED) is 0.783. The Balaban J connectivity index is 2.95. The normalized spacial score (nSPS) is 25.6. The van der Waals surface area contributed by atoms with E-state index < -0.39 is 11.9 Å². The molecule has 1 aliphatic carbocycles. The van der Waals surface area contributed by atoms with E-state index in [4.69, 9.17) is 0 Å². The number of carbonyl (C=O) groups is 2. The van der Waals surface area contributed by atoms with E-state index in [1.807, 2.05) is 11.8 Å². The fourth-order valence-electron chi connectivity index (χ4n) is 3.59. The van der Waals surface area contributed by atoms with Crippen LogP contribution in [0.25, 0.3) is 0 Å². The molecule has 1 unspecified atom stereocenters. The minimum atomic E-state index is -0.813. The summed E-state index contributed by atoms with van der Waals surface area (Å²) in [7, 11) is 0. The van der Waals surface area contributed by atoms with Crippen molar-refractivity contribution in [3.05, 3.63) is 0 Å². The van der Waals surface area contributed by atoms with Crippen molar-refractivity contribution in [3.8, 4) is 0 Å². The average Bonchev–Trinajstić information content (AvgIpc) is 2.80. The lowest BCUT2D eigenvalue weighted by Gasteiger charge is -2.35. The van der Waals surface area contributed by atoms with Crippen molar-refractivity contribution in [3.63, 3.8) is 0 Å². The molecule has 1 aliphatic rings. The first-order valence-corrected chi connectivity index (χ1v) is 8.34. The van der Waals surface area contributed by atoms with Crippen molar-refractivity contribution in [2.24, 2.45) is 23.7 Å². The predicted octanol–water partition coefficient (Wildman–Crippen LogP) is 3.41. The van der Waals surface area contributed by atoms with Gasteiger partial charge in [-0.15, -0.1) is 0 Å². The topological polar surface area (TPSA) is 57.6 Å². The summed E-state index contributed by atoms with van der Waals surface area (Å²) in [5.74, 6) is -0.867. The second kappa shape index (κ2) is 7.81. The van der Waals surface area contributed by atoms with Gasteiger partial charge in [-0.2, -0.15) is 0 Å². The lowest BCUT2D eigenvalue weighted by molar-refractivity contribution is -0.150. The number of aliphatic carboxylic acids is 1. The molecule has 0 heterocycles. The molecule has 0 aromatic heterocycles. The van der Waals surface area contributed by atoms with Crippen molar-refractivity contribution in [1.82, 2.24) is 4.90 Å². The molecule has 0 radical (unpaired) electrons. The van der Waals surface area contributed by atoms with Gasteiger partial charge in [-0.25, -0.2) is 0 Å². The largest absolute Gasteiger partial charge is 0.481 e. The fraction of sp³-hybridized carbons (Fsp3) is 0.882. The molecular formula is C17H31NO3. The number of hydrogen-bond donors (Lipinski definition) is 1. The monoisotopic (exact) mass is 297 g/mol. The van der Waals surface area contributed by atoms with Gasteiger partial charge in [0.1, 0.15) is 0 Å². The van der Waals surface area contributed by atoms with Gasteiger partial charge in [-0.3, -0.25) is 9.59 Å². The zero-order chi connectivity index (χ0) is 16.2. The Hall–Kier alpha value is -1.06. The van der Waals surface area contributed by atoms with Crippen LogP contribution < -0.4 is 0 Å². The molecule has 0 bridgehead atoms. The standard InChI is InChI=1S/C17H31NO3/c1-6-13(7-2)18(10-11(3)4)16(19)14-8-12(5)9-15(14)17(20)21/h11-15H,6-10H2,1-5H3,(H,20,21)/t12?,14-,15+/m0/s1. The molecule has 0 spiro atoms. The second-order valence-corrected chi connectivity index (χ2v) is 6.98. The van der Waals surface area contributed by atoms with Crippen LogP contribution in [0.3, 0.4) is 0 Å². The first-order chi connectivity index (χ1) is 9.81. The van der Waals surface area contributed by atoms with Gasteiger partial charge in [0, 0.05) is 12.6 Å². The highest BCUT2D eigenvalue weighted by atomic mass is 16.4. The molecule has 0 saturated heterocycles. The SMILES string of the molecule is CCC(CC)N(CC(C)C)C(=O)[C@H]1CC(C)C[C@H]1C(=O)O. The molecule has 1 saturated carbocycles. The van der Waals surface area contributed by atoms with Crippen molar-refractivity contribution in [2.45, 2.75) is 66.3 Å². The molecule has 0 aromatic rings. The van der Waals surface area contributed by atoms with Gasteiger partial charge in [-0.05, 0) is 37.5 Å². The molecule has 1 rings (SSSR count). The Morgan fingerprint density at radius 1 is 1.14 bits per heavy atom. The van der Waals surface area contributed by atoms with Crippen LogP contribution in [-0.2, 0) is 9.59 Å². The summed E-state index contributed by atoms with van der Waals surface area (Å²) < 4.78 is 0. The summed E-state index contributed by atoms with van der Waals surface area (Å²) >= 11 is 0. The van der Waals surface area contributed by atoms with Crippen LogP contribution in [0.2, 0.25) is 0 Å². The van der Waals surface area contributed by atoms with Crippen LogP contribution in [-0.4, -0.2) is 34.5 Å². The Bertz CT molecular complexity index is 363. The third-order valence-corrected chi connectivity index (χ3v) is 4.66. The molecule has 0 aliphatic heterocycles. The molecule has 3 atom stereocenters. The molecule has 0 aromatic carbocycles. The molecular weight excluding hydrogens is 266 g/mol. The van der Waals surface area contributed by atoms with Gasteiger partial charge in [0.25, 0.3) is 0 Å². The smallest absolute Gasteiger partial charge is 0.307 e. The molecule has 1 amide bonds. The molecule has 122 valence electrons. The summed E-state index contributed by atoms with van der Waals surface area (Å²) in [5.41, 5.74) is 0. The second-order valence-electron chi connectivity index (χ2n) is 6.98. The lowest BCUT2D eigenvalue weighted by Crippen LogP contribution is -2.46. The number of carboxylic acids is 1. The van der Waals surface area contributed by atoms with Gasteiger partial charge in [-0.1, -0.05) is 34.6 Å². The van der Waals surface area contributed by atoms with Crippen molar-refractivity contribution in [2.75, 3.05) is 6.54 Å². The number of hydrogen-bond acceptors (Lipinski definition) is 2. The van der Waals surface area contributed by atoms with Crippen molar-refractivity contribution < 1.29 is 14.7 Å². The van der Waals surface area contributed by atoms with Crippen molar-refractivity contribution in [1.29, 1.82) is 0 Å². The first-order valence-electron chi connectivity index (χ1n) is 8.34. The summed E-state index contributed by atoms with van der Waals surface area (Å²) in [4.78, 5) is 26.4. The zero-order valence-electron chi connectivity index (χ0n) is 14.1.